The monoisotopic (exact) mass is 240 g/mol. The summed E-state index contributed by atoms with van der Waals surface area (Å²) in [6, 6.07) is 6.41. The van der Waals surface area contributed by atoms with Crippen LogP contribution in [0.4, 0.5) is 4.39 Å². The number of hydrogen-bond donors (Lipinski definition) is 2. The molecular formula is C11H13FN2OS. The van der Waals surface area contributed by atoms with Crippen molar-refractivity contribution in [2.24, 2.45) is 0 Å². The lowest BCUT2D eigenvalue weighted by Gasteiger charge is -2.24. The number of nitrogens with one attached hydrogen (secondary N) is 2. The van der Waals surface area contributed by atoms with Gasteiger partial charge in [-0.3, -0.25) is 10.1 Å². The molecule has 0 spiro atoms. The van der Waals surface area contributed by atoms with Crippen molar-refractivity contribution in [3.63, 3.8) is 0 Å². The van der Waals surface area contributed by atoms with Crippen molar-refractivity contribution >= 4 is 17.7 Å². The van der Waals surface area contributed by atoms with Crippen LogP contribution in [0.2, 0.25) is 0 Å². The lowest BCUT2D eigenvalue weighted by atomic mass is 10.2. The second kappa shape index (κ2) is 5.32. The Morgan fingerprint density at radius 3 is 2.81 bits per heavy atom. The van der Waals surface area contributed by atoms with E-state index >= 15 is 0 Å². The molecule has 16 heavy (non-hydrogen) atoms. The van der Waals surface area contributed by atoms with Gasteiger partial charge in [0.15, 0.2) is 0 Å². The van der Waals surface area contributed by atoms with Crippen LogP contribution in [0.25, 0.3) is 0 Å². The molecule has 0 aromatic heterocycles. The molecule has 3 nitrogen and oxygen atoms in total. The third kappa shape index (κ3) is 3.21. The number of thioether (sulfide) groups is 1. The van der Waals surface area contributed by atoms with Crippen molar-refractivity contribution < 1.29 is 9.18 Å². The lowest BCUT2D eigenvalue weighted by Crippen LogP contribution is -2.49. The zero-order valence-electron chi connectivity index (χ0n) is 8.70. The quantitative estimate of drug-likeness (QED) is 0.840. The third-order valence-corrected chi connectivity index (χ3v) is 3.42. The average Bonchev–Trinajstić information content (AvgIpc) is 2.28. The first-order valence-corrected chi connectivity index (χ1v) is 6.18. The Kier molecular flexibility index (Phi) is 3.79. The molecule has 1 amide bonds. The molecule has 1 aromatic rings. The Morgan fingerprint density at radius 1 is 1.38 bits per heavy atom. The number of amides is 1. The fraction of sp³-hybridized carbons (Fsp3) is 0.364. The predicted octanol–water partition coefficient (Wildman–Crippen LogP) is 1.45. The minimum Gasteiger partial charge on any atom is -0.332 e. The van der Waals surface area contributed by atoms with Gasteiger partial charge >= 0.3 is 0 Å². The fourth-order valence-electron chi connectivity index (χ4n) is 1.45. The van der Waals surface area contributed by atoms with Gasteiger partial charge in [-0.05, 0) is 17.7 Å². The minimum atomic E-state index is -0.224. The van der Waals surface area contributed by atoms with Crippen LogP contribution < -0.4 is 10.6 Å². The molecule has 2 rings (SSSR count). The van der Waals surface area contributed by atoms with Gasteiger partial charge in [-0.25, -0.2) is 4.39 Å². The van der Waals surface area contributed by atoms with E-state index in [1.54, 1.807) is 23.9 Å². The molecule has 2 N–H and O–H groups in total. The van der Waals surface area contributed by atoms with Crippen molar-refractivity contribution in [1.29, 1.82) is 0 Å². The van der Waals surface area contributed by atoms with Gasteiger partial charge in [0.2, 0.25) is 5.91 Å². The van der Waals surface area contributed by atoms with Gasteiger partial charge < -0.3 is 5.32 Å². The van der Waals surface area contributed by atoms with E-state index in [1.807, 2.05) is 0 Å². The van der Waals surface area contributed by atoms with Crippen LogP contribution in [-0.4, -0.2) is 17.9 Å². The van der Waals surface area contributed by atoms with Crippen LogP contribution in [-0.2, 0) is 10.5 Å². The predicted molar refractivity (Wildman–Crippen MR) is 62.2 cm³/mol. The summed E-state index contributed by atoms with van der Waals surface area (Å²) in [7, 11) is 0. The summed E-state index contributed by atoms with van der Waals surface area (Å²) in [5, 5.41) is 6.02. The summed E-state index contributed by atoms with van der Waals surface area (Å²) < 4.78 is 12.7. The Balaban J connectivity index is 1.82. The van der Waals surface area contributed by atoms with Gasteiger partial charge in [0.1, 0.15) is 11.3 Å². The minimum absolute atomic E-state index is 0.0358. The maximum absolute atomic E-state index is 12.7. The zero-order valence-corrected chi connectivity index (χ0v) is 9.52. The highest BCUT2D eigenvalue weighted by Crippen LogP contribution is 2.16. The van der Waals surface area contributed by atoms with Crippen LogP contribution >= 0.6 is 11.8 Å². The highest BCUT2D eigenvalue weighted by molar-refractivity contribution is 7.99. The van der Waals surface area contributed by atoms with Gasteiger partial charge in [0, 0.05) is 18.7 Å². The molecular weight excluding hydrogens is 227 g/mol. The van der Waals surface area contributed by atoms with Crippen LogP contribution in [0.5, 0.6) is 0 Å². The molecule has 1 aliphatic heterocycles. The lowest BCUT2D eigenvalue weighted by molar-refractivity contribution is -0.122. The second-order valence-electron chi connectivity index (χ2n) is 3.59. The Hall–Kier alpha value is -1.07. The Labute approximate surface area is 97.8 Å². The molecule has 0 aliphatic carbocycles. The molecule has 5 heteroatoms. The number of benzene rings is 1. The molecule has 1 fully saturated rings. The first kappa shape index (κ1) is 11.4. The number of carbonyl (C=O) groups excluding carboxylic acids is 1. The Bertz CT molecular complexity index is 369. The summed E-state index contributed by atoms with van der Waals surface area (Å²) >= 11 is 1.59. The SMILES string of the molecule is O=C1CCNC(SCc2ccc(F)cc2)N1. The van der Waals surface area contributed by atoms with Crippen molar-refractivity contribution in [3.8, 4) is 0 Å². The molecule has 1 saturated heterocycles. The standard InChI is InChI=1S/C11H13FN2OS/c12-9-3-1-8(2-4-9)7-16-11-13-6-5-10(15)14-11/h1-4,11,13H,5-7H2,(H,14,15). The van der Waals surface area contributed by atoms with E-state index in [0.29, 0.717) is 13.0 Å². The maximum Gasteiger partial charge on any atom is 0.223 e. The molecule has 86 valence electrons. The number of carbonyl (C=O) groups is 1. The van der Waals surface area contributed by atoms with Crippen LogP contribution in [0.15, 0.2) is 24.3 Å². The van der Waals surface area contributed by atoms with Crippen LogP contribution in [0, 0.1) is 5.82 Å². The van der Waals surface area contributed by atoms with E-state index in [-0.39, 0.29) is 17.2 Å². The smallest absolute Gasteiger partial charge is 0.223 e. The average molecular weight is 240 g/mol. The van der Waals surface area contributed by atoms with Gasteiger partial charge in [0.05, 0.1) is 0 Å². The van der Waals surface area contributed by atoms with E-state index in [2.05, 4.69) is 10.6 Å². The van der Waals surface area contributed by atoms with Crippen molar-refractivity contribution in [3.05, 3.63) is 35.6 Å². The van der Waals surface area contributed by atoms with E-state index in [0.717, 1.165) is 11.3 Å². The van der Waals surface area contributed by atoms with E-state index in [1.165, 1.54) is 12.1 Å². The molecule has 1 atom stereocenters. The van der Waals surface area contributed by atoms with Crippen molar-refractivity contribution in [1.82, 2.24) is 10.6 Å². The molecule has 1 heterocycles. The fourth-order valence-corrected chi connectivity index (χ4v) is 2.45. The van der Waals surface area contributed by atoms with Gasteiger partial charge in [-0.15, -0.1) is 11.8 Å². The van der Waals surface area contributed by atoms with E-state index in [9.17, 15) is 9.18 Å². The topological polar surface area (TPSA) is 41.1 Å². The van der Waals surface area contributed by atoms with Crippen molar-refractivity contribution in [2.75, 3.05) is 6.54 Å². The normalized spacial score (nSPS) is 20.6. The second-order valence-corrected chi connectivity index (χ2v) is 4.68. The van der Waals surface area contributed by atoms with Crippen LogP contribution in [0.1, 0.15) is 12.0 Å². The molecule has 1 unspecified atom stereocenters. The van der Waals surface area contributed by atoms with Gasteiger partial charge in [-0.2, -0.15) is 0 Å². The number of rotatable bonds is 3. The molecule has 1 aliphatic rings. The largest absolute Gasteiger partial charge is 0.332 e. The van der Waals surface area contributed by atoms with Gasteiger partial charge in [-0.1, -0.05) is 12.1 Å². The highest BCUT2D eigenvalue weighted by Gasteiger charge is 2.16. The summed E-state index contributed by atoms with van der Waals surface area (Å²) in [6.07, 6.45) is 0.535. The number of hydrogen-bond acceptors (Lipinski definition) is 3. The molecule has 0 saturated carbocycles. The highest BCUT2D eigenvalue weighted by atomic mass is 32.2. The maximum atomic E-state index is 12.7. The van der Waals surface area contributed by atoms with Gasteiger partial charge in [0.25, 0.3) is 0 Å². The van der Waals surface area contributed by atoms with E-state index < -0.39 is 0 Å². The summed E-state index contributed by atoms with van der Waals surface area (Å²) in [4.78, 5) is 11.1. The molecule has 1 aromatic carbocycles. The van der Waals surface area contributed by atoms with Crippen molar-refractivity contribution in [2.45, 2.75) is 17.7 Å². The first-order valence-electron chi connectivity index (χ1n) is 5.13. The summed E-state index contributed by atoms with van der Waals surface area (Å²) in [5.41, 5.74) is 1.01. The van der Waals surface area contributed by atoms with E-state index in [4.69, 9.17) is 0 Å². The first-order chi connectivity index (χ1) is 7.74. The van der Waals surface area contributed by atoms with Crippen LogP contribution in [0.3, 0.4) is 0 Å². The summed E-state index contributed by atoms with van der Waals surface area (Å²) in [6.45, 7) is 0.715. The third-order valence-electron chi connectivity index (χ3n) is 2.30. The molecule has 0 bridgehead atoms. The summed E-state index contributed by atoms with van der Waals surface area (Å²) in [5.74, 6) is 0.603. The molecule has 0 radical (unpaired) electrons. The number of halogens is 1. The Morgan fingerprint density at radius 2 is 2.12 bits per heavy atom. The zero-order chi connectivity index (χ0) is 11.4.